The molecule has 0 fully saturated rings. The lowest BCUT2D eigenvalue weighted by molar-refractivity contribution is 0.357. The van der Waals surface area contributed by atoms with Crippen LogP contribution < -0.4 is 0 Å². The van der Waals surface area contributed by atoms with Crippen molar-refractivity contribution in [2.24, 2.45) is 0 Å². The fourth-order valence-corrected chi connectivity index (χ4v) is 2.55. The number of imidazole rings is 1. The number of aromatic amines is 1. The second kappa shape index (κ2) is 6.49. The monoisotopic (exact) mass is 343 g/mol. The second-order valence-electron chi connectivity index (χ2n) is 5.55. The summed E-state index contributed by atoms with van der Waals surface area (Å²) in [6.07, 6.45) is 0. The molecule has 4 aromatic rings. The largest absolute Gasteiger partial charge is 0.509 e. The van der Waals surface area contributed by atoms with Gasteiger partial charge in [0.15, 0.2) is 5.82 Å². The standard InChI is InChI=1S/C18H13N7O/c19-10-13(18-20-14-8-4-5-9-15(14)21-18)16(26)11-25-23-17(22-24-25)12-6-2-1-3-7-12/h1-9,26H,11H2,(H,20,21). The van der Waals surface area contributed by atoms with Gasteiger partial charge in [-0.3, -0.25) is 0 Å². The van der Waals surface area contributed by atoms with Crippen molar-refractivity contribution in [2.45, 2.75) is 6.54 Å². The normalized spacial score (nSPS) is 12.0. The van der Waals surface area contributed by atoms with Gasteiger partial charge in [-0.2, -0.15) is 10.1 Å². The van der Waals surface area contributed by atoms with Gasteiger partial charge in [0.25, 0.3) is 0 Å². The van der Waals surface area contributed by atoms with Crippen molar-refractivity contribution in [3.05, 3.63) is 66.2 Å². The van der Waals surface area contributed by atoms with Crippen LogP contribution in [0.4, 0.5) is 0 Å². The van der Waals surface area contributed by atoms with Crippen LogP contribution >= 0.6 is 0 Å². The second-order valence-corrected chi connectivity index (χ2v) is 5.55. The molecule has 8 nitrogen and oxygen atoms in total. The third-order valence-corrected chi connectivity index (χ3v) is 3.80. The summed E-state index contributed by atoms with van der Waals surface area (Å²) in [4.78, 5) is 8.60. The molecule has 0 bridgehead atoms. The number of nitriles is 1. The Kier molecular flexibility index (Phi) is 3.88. The molecule has 0 aliphatic rings. The summed E-state index contributed by atoms with van der Waals surface area (Å²) in [5, 5.41) is 32.0. The summed E-state index contributed by atoms with van der Waals surface area (Å²) < 4.78 is 0. The lowest BCUT2D eigenvalue weighted by atomic mass is 10.2. The molecule has 0 aliphatic heterocycles. The molecule has 2 heterocycles. The Bertz CT molecular complexity index is 1100. The summed E-state index contributed by atoms with van der Waals surface area (Å²) in [5.41, 5.74) is 2.36. The first kappa shape index (κ1) is 15.5. The van der Waals surface area contributed by atoms with Crippen LogP contribution in [0.3, 0.4) is 0 Å². The molecule has 4 rings (SSSR count). The number of aromatic nitrogens is 6. The molecule has 2 aromatic heterocycles. The molecule has 0 saturated heterocycles. The maximum Gasteiger partial charge on any atom is 0.204 e. The van der Waals surface area contributed by atoms with Crippen molar-refractivity contribution < 1.29 is 5.11 Å². The number of benzene rings is 2. The van der Waals surface area contributed by atoms with E-state index in [4.69, 9.17) is 0 Å². The van der Waals surface area contributed by atoms with Crippen molar-refractivity contribution in [2.75, 3.05) is 0 Å². The summed E-state index contributed by atoms with van der Waals surface area (Å²) in [6.45, 7) is -0.0836. The molecule has 26 heavy (non-hydrogen) atoms. The highest BCUT2D eigenvalue weighted by Crippen LogP contribution is 2.19. The van der Waals surface area contributed by atoms with E-state index in [2.05, 4.69) is 25.4 Å². The van der Waals surface area contributed by atoms with Gasteiger partial charge in [-0.15, -0.1) is 10.2 Å². The molecular formula is C18H13N7O. The van der Waals surface area contributed by atoms with Crippen molar-refractivity contribution in [3.8, 4) is 17.5 Å². The van der Waals surface area contributed by atoms with Crippen LogP contribution in [0.1, 0.15) is 5.82 Å². The number of nitrogens with one attached hydrogen (secondary N) is 1. The number of allylic oxidation sites excluding steroid dienone is 2. The van der Waals surface area contributed by atoms with Gasteiger partial charge < -0.3 is 10.1 Å². The van der Waals surface area contributed by atoms with Crippen LogP contribution in [0.2, 0.25) is 0 Å². The van der Waals surface area contributed by atoms with E-state index in [1.165, 1.54) is 4.80 Å². The van der Waals surface area contributed by atoms with Crippen LogP contribution in [-0.2, 0) is 6.54 Å². The number of fused-ring (bicyclic) bond motifs is 1. The van der Waals surface area contributed by atoms with Gasteiger partial charge in [0.2, 0.25) is 5.82 Å². The molecule has 0 amide bonds. The van der Waals surface area contributed by atoms with E-state index < -0.39 is 0 Å². The smallest absolute Gasteiger partial charge is 0.204 e. The average molecular weight is 343 g/mol. The van der Waals surface area contributed by atoms with Crippen molar-refractivity contribution >= 4 is 16.6 Å². The Morgan fingerprint density at radius 3 is 2.65 bits per heavy atom. The fraction of sp³-hybridized carbons (Fsp3) is 0.0556. The highest BCUT2D eigenvalue weighted by molar-refractivity contribution is 5.82. The van der Waals surface area contributed by atoms with Gasteiger partial charge in [0, 0.05) is 5.56 Å². The maximum atomic E-state index is 10.4. The zero-order valence-electron chi connectivity index (χ0n) is 13.5. The van der Waals surface area contributed by atoms with E-state index in [1.54, 1.807) is 0 Å². The molecule has 0 radical (unpaired) electrons. The molecule has 0 atom stereocenters. The van der Waals surface area contributed by atoms with Gasteiger partial charge in [0.05, 0.1) is 11.0 Å². The summed E-state index contributed by atoms with van der Waals surface area (Å²) in [6, 6.07) is 18.8. The number of rotatable bonds is 4. The first-order chi connectivity index (χ1) is 12.7. The van der Waals surface area contributed by atoms with E-state index >= 15 is 0 Å². The minimum Gasteiger partial charge on any atom is -0.509 e. The fourth-order valence-electron chi connectivity index (χ4n) is 2.55. The van der Waals surface area contributed by atoms with Crippen molar-refractivity contribution in [1.82, 2.24) is 30.2 Å². The summed E-state index contributed by atoms with van der Waals surface area (Å²) in [5.74, 6) is 0.554. The number of para-hydroxylation sites is 2. The summed E-state index contributed by atoms with van der Waals surface area (Å²) in [7, 11) is 0. The van der Waals surface area contributed by atoms with Crippen molar-refractivity contribution in [1.29, 1.82) is 5.26 Å². The molecule has 0 unspecified atom stereocenters. The molecule has 0 aliphatic carbocycles. The SMILES string of the molecule is N#CC(=C(O)Cn1nnc(-c2ccccc2)n1)c1nc2ccccc2[nH]1. The highest BCUT2D eigenvalue weighted by Gasteiger charge is 2.15. The van der Waals surface area contributed by atoms with Crippen LogP contribution in [0.25, 0.3) is 28.0 Å². The Labute approximate surface area is 148 Å². The van der Waals surface area contributed by atoms with Gasteiger partial charge >= 0.3 is 0 Å². The molecule has 0 saturated carbocycles. The Morgan fingerprint density at radius 2 is 1.88 bits per heavy atom. The van der Waals surface area contributed by atoms with Gasteiger partial charge in [0.1, 0.15) is 23.9 Å². The van der Waals surface area contributed by atoms with Crippen LogP contribution in [0.5, 0.6) is 0 Å². The minimum atomic E-state index is -0.191. The summed E-state index contributed by atoms with van der Waals surface area (Å²) >= 11 is 0. The molecule has 126 valence electrons. The quantitative estimate of drug-likeness (QED) is 0.435. The number of nitrogens with zero attached hydrogens (tertiary/aromatic N) is 6. The lowest BCUT2D eigenvalue weighted by Gasteiger charge is -2.01. The van der Waals surface area contributed by atoms with Crippen molar-refractivity contribution in [3.63, 3.8) is 0 Å². The zero-order valence-corrected chi connectivity index (χ0v) is 13.5. The lowest BCUT2D eigenvalue weighted by Crippen LogP contribution is -2.07. The zero-order chi connectivity index (χ0) is 17.9. The predicted molar refractivity (Wildman–Crippen MR) is 94.5 cm³/mol. The molecule has 2 aromatic carbocycles. The van der Waals surface area contributed by atoms with E-state index in [9.17, 15) is 10.4 Å². The number of hydrogen-bond acceptors (Lipinski definition) is 6. The number of aliphatic hydroxyl groups excluding tert-OH is 1. The van der Waals surface area contributed by atoms with E-state index in [1.807, 2.05) is 60.7 Å². The number of H-pyrrole nitrogens is 1. The third-order valence-electron chi connectivity index (χ3n) is 3.80. The Hall–Kier alpha value is -3.99. The average Bonchev–Trinajstić information content (AvgIpc) is 3.30. The number of aliphatic hydroxyl groups is 1. The maximum absolute atomic E-state index is 10.4. The third kappa shape index (κ3) is 2.89. The number of hydrogen-bond donors (Lipinski definition) is 2. The highest BCUT2D eigenvalue weighted by atomic mass is 16.3. The first-order valence-corrected chi connectivity index (χ1v) is 7.85. The van der Waals surface area contributed by atoms with Crippen LogP contribution in [-0.4, -0.2) is 35.3 Å². The van der Waals surface area contributed by atoms with Crippen LogP contribution in [0, 0.1) is 11.3 Å². The number of tetrazole rings is 1. The van der Waals surface area contributed by atoms with Gasteiger partial charge in [-0.05, 0) is 17.3 Å². The minimum absolute atomic E-state index is 0.0414. The first-order valence-electron chi connectivity index (χ1n) is 7.85. The predicted octanol–water partition coefficient (Wildman–Crippen LogP) is 2.71. The topological polar surface area (TPSA) is 116 Å². The van der Waals surface area contributed by atoms with E-state index in [0.717, 1.165) is 11.1 Å². The molecule has 8 heteroatoms. The van der Waals surface area contributed by atoms with Gasteiger partial charge in [-0.1, -0.05) is 42.5 Å². The Morgan fingerprint density at radius 1 is 1.12 bits per heavy atom. The molecule has 2 N–H and O–H groups in total. The molecular weight excluding hydrogens is 330 g/mol. The van der Waals surface area contributed by atoms with Crippen LogP contribution in [0.15, 0.2) is 60.4 Å². The Balaban J connectivity index is 1.64. The van der Waals surface area contributed by atoms with E-state index in [-0.39, 0.29) is 17.9 Å². The van der Waals surface area contributed by atoms with Gasteiger partial charge in [-0.25, -0.2) is 4.98 Å². The van der Waals surface area contributed by atoms with E-state index in [0.29, 0.717) is 17.2 Å². The molecule has 0 spiro atoms.